The third kappa shape index (κ3) is 5.84. The zero-order chi connectivity index (χ0) is 51.4. The van der Waals surface area contributed by atoms with Gasteiger partial charge in [0.25, 0.3) is 0 Å². The van der Waals surface area contributed by atoms with E-state index < -0.39 is 0 Å². The van der Waals surface area contributed by atoms with Crippen LogP contribution in [0.3, 0.4) is 0 Å². The lowest BCUT2D eigenvalue weighted by molar-refractivity contribution is 0.414. The van der Waals surface area contributed by atoms with Gasteiger partial charge in [-0.3, -0.25) is 0 Å². The normalized spacial score (nSPS) is 12.2. The molecule has 4 nitrogen and oxygen atoms in total. The van der Waals surface area contributed by atoms with Gasteiger partial charge < -0.3 is 18.9 Å². The molecule has 0 aliphatic heterocycles. The van der Waals surface area contributed by atoms with E-state index in [0.717, 1.165) is 23.0 Å². The summed E-state index contributed by atoms with van der Waals surface area (Å²) >= 11 is 0. The average Bonchev–Trinajstić information content (AvgIpc) is 4.06. The fourth-order valence-corrected chi connectivity index (χ4v) is 14.0. The quantitative estimate of drug-likeness (QED) is 0.112. The Morgan fingerprint density at radius 1 is 0.211 bits per heavy atom. The summed E-state index contributed by atoms with van der Waals surface area (Å²) in [5.41, 5.74) is 24.7. The molecule has 0 fully saturated rings. The molecule has 0 aromatic heterocycles. The second-order valence-corrected chi connectivity index (χ2v) is 21.0. The fraction of sp³-hybridized carbons (Fsp3) is 0.111. The first-order valence-corrected chi connectivity index (χ1v) is 26.2. The Hall–Kier alpha value is -9.12. The van der Waals surface area contributed by atoms with Crippen LogP contribution in [-0.2, 0) is 0 Å². The van der Waals surface area contributed by atoms with E-state index in [4.69, 9.17) is 18.9 Å². The third-order valence-corrected chi connectivity index (χ3v) is 17.2. The highest BCUT2D eigenvalue weighted by Gasteiger charge is 2.36. The van der Waals surface area contributed by atoms with E-state index in [1.807, 2.05) is 0 Å². The van der Waals surface area contributed by atoms with Crippen LogP contribution in [0, 0.1) is 27.7 Å². The second kappa shape index (κ2) is 16.2. The van der Waals surface area contributed by atoms with E-state index in [1.165, 1.54) is 176 Å². The molecule has 2 aliphatic rings. The molecule has 76 heavy (non-hydrogen) atoms. The number of rotatable bonds is 8. The van der Waals surface area contributed by atoms with Crippen molar-refractivity contribution in [1.29, 1.82) is 0 Å². The zero-order valence-electron chi connectivity index (χ0n) is 43.8. The maximum absolute atomic E-state index is 5.78. The minimum atomic E-state index is 0.855. The lowest BCUT2D eigenvalue weighted by atomic mass is 9.81. The first-order valence-electron chi connectivity index (χ1n) is 26.2. The van der Waals surface area contributed by atoms with Gasteiger partial charge in [-0.2, -0.15) is 0 Å². The Morgan fingerprint density at radius 2 is 0.434 bits per heavy atom. The van der Waals surface area contributed by atoms with Crippen molar-refractivity contribution in [3.8, 4) is 112 Å². The molecule has 0 N–H and O–H groups in total. The molecule has 364 valence electrons. The van der Waals surface area contributed by atoms with Gasteiger partial charge in [0.15, 0.2) is 0 Å². The zero-order valence-corrected chi connectivity index (χ0v) is 43.8. The van der Waals surface area contributed by atoms with E-state index in [2.05, 4.69) is 198 Å². The molecule has 0 amide bonds. The van der Waals surface area contributed by atoms with E-state index in [1.54, 1.807) is 28.4 Å². The van der Waals surface area contributed by atoms with Gasteiger partial charge in [0.1, 0.15) is 23.0 Å². The molecule has 15 rings (SSSR count). The maximum Gasteiger partial charge on any atom is 0.119 e. The van der Waals surface area contributed by atoms with Crippen molar-refractivity contribution in [2.75, 3.05) is 28.4 Å². The lowest BCUT2D eigenvalue weighted by Crippen LogP contribution is -1.96. The molecule has 4 heteroatoms. The molecule has 0 saturated heterocycles. The number of fused-ring (bicyclic) bond motifs is 10. The summed E-state index contributed by atoms with van der Waals surface area (Å²) in [5, 5.41) is 15.2. The van der Waals surface area contributed by atoms with Crippen molar-refractivity contribution in [2.24, 2.45) is 0 Å². The minimum Gasteiger partial charge on any atom is -0.497 e. The highest BCUT2D eigenvalue weighted by molar-refractivity contribution is 6.42. The van der Waals surface area contributed by atoms with Crippen molar-refractivity contribution < 1.29 is 18.9 Å². The Bertz CT molecular complexity index is 4140. The molecule has 0 spiro atoms. The predicted octanol–water partition coefficient (Wildman–Crippen LogP) is 19.3. The Kier molecular flexibility index (Phi) is 9.45. The van der Waals surface area contributed by atoms with E-state index in [9.17, 15) is 0 Å². The lowest BCUT2D eigenvalue weighted by Gasteiger charge is -2.22. The highest BCUT2D eigenvalue weighted by Crippen LogP contribution is 2.63. The van der Waals surface area contributed by atoms with Gasteiger partial charge in [-0.15, -0.1) is 0 Å². The molecule has 0 radical (unpaired) electrons. The van der Waals surface area contributed by atoms with E-state index in [0.29, 0.717) is 0 Å². The summed E-state index contributed by atoms with van der Waals surface area (Å²) in [7, 11) is 6.99. The molecule has 13 aromatic carbocycles. The molecule has 0 unspecified atom stereocenters. The van der Waals surface area contributed by atoms with Crippen molar-refractivity contribution in [3.63, 3.8) is 0 Å². The van der Waals surface area contributed by atoms with E-state index >= 15 is 0 Å². The molecule has 0 atom stereocenters. The summed E-state index contributed by atoms with van der Waals surface area (Å²) in [5.74, 6) is 3.42. The van der Waals surface area contributed by atoms with Crippen LogP contribution < -0.4 is 18.9 Å². The third-order valence-electron chi connectivity index (χ3n) is 17.2. The van der Waals surface area contributed by atoms with Gasteiger partial charge in [-0.25, -0.2) is 0 Å². The molecule has 0 saturated carbocycles. The molecular weight excluding hydrogens is 929 g/mol. The van der Waals surface area contributed by atoms with Crippen molar-refractivity contribution in [2.45, 2.75) is 27.7 Å². The maximum atomic E-state index is 5.78. The van der Waals surface area contributed by atoms with Crippen LogP contribution in [0.2, 0.25) is 0 Å². The number of benzene rings is 13. The van der Waals surface area contributed by atoms with Crippen LogP contribution in [0.15, 0.2) is 170 Å². The van der Waals surface area contributed by atoms with Crippen molar-refractivity contribution in [1.82, 2.24) is 0 Å². The minimum absolute atomic E-state index is 0.855. The molecule has 2 aliphatic carbocycles. The predicted molar refractivity (Wildman–Crippen MR) is 318 cm³/mol. The number of methoxy groups -OCH3 is 4. The summed E-state index contributed by atoms with van der Waals surface area (Å²) < 4.78 is 23.1. The average molecular weight is 981 g/mol. The largest absolute Gasteiger partial charge is 0.497 e. The number of ether oxygens (including phenoxy) is 4. The van der Waals surface area contributed by atoms with Crippen LogP contribution in [0.25, 0.3) is 154 Å². The summed E-state index contributed by atoms with van der Waals surface area (Å²) in [6.07, 6.45) is 0. The van der Waals surface area contributed by atoms with Crippen molar-refractivity contribution >= 4 is 64.6 Å². The Balaban J connectivity index is 1.07. The van der Waals surface area contributed by atoms with Gasteiger partial charge in [0.05, 0.1) is 28.4 Å². The molecule has 0 heterocycles. The topological polar surface area (TPSA) is 36.9 Å². The Morgan fingerprint density at radius 3 is 0.645 bits per heavy atom. The van der Waals surface area contributed by atoms with Gasteiger partial charge >= 0.3 is 0 Å². The Labute approximate surface area is 441 Å². The van der Waals surface area contributed by atoms with Gasteiger partial charge in [-0.05, 0) is 252 Å². The fourth-order valence-electron chi connectivity index (χ4n) is 14.0. The summed E-state index contributed by atoms with van der Waals surface area (Å²) in [6.45, 7) is 8.86. The number of hydrogen-bond acceptors (Lipinski definition) is 4. The summed E-state index contributed by atoms with van der Waals surface area (Å²) in [6, 6.07) is 63.6. The number of hydrogen-bond donors (Lipinski definition) is 0. The van der Waals surface area contributed by atoms with Gasteiger partial charge in [0, 0.05) is 0 Å². The summed E-state index contributed by atoms with van der Waals surface area (Å²) in [4.78, 5) is 0. The van der Waals surface area contributed by atoms with Crippen LogP contribution in [0.4, 0.5) is 0 Å². The number of aryl methyl sites for hydroxylation is 4. The van der Waals surface area contributed by atoms with Crippen LogP contribution >= 0.6 is 0 Å². The van der Waals surface area contributed by atoms with Crippen LogP contribution in [-0.4, -0.2) is 28.4 Å². The SMILES string of the molecule is COc1ccc(-c2c3c(c(-c4ccc(OC)cc4C)c4ccccc24)-c2ccc4c5ccc6c7c(ccc(c8ccc-3c2c84)c75)-c2c-6c(-c3ccc(OC)cc3C)c3ccccc3c2-c2ccc(OC)cc2C)c(C)c1. The van der Waals surface area contributed by atoms with E-state index in [-0.39, 0.29) is 0 Å². The molecular formula is C72H52O4. The molecule has 13 aromatic rings. The second-order valence-electron chi connectivity index (χ2n) is 21.0. The van der Waals surface area contributed by atoms with Gasteiger partial charge in [-0.1, -0.05) is 121 Å². The first-order chi connectivity index (χ1) is 37.2. The van der Waals surface area contributed by atoms with Crippen molar-refractivity contribution in [3.05, 3.63) is 192 Å². The highest BCUT2D eigenvalue weighted by atomic mass is 16.5. The first kappa shape index (κ1) is 44.4. The standard InChI is InChI=1S/C72H52O4/c1-37-33-41(73-5)17-21-45(37)61-49-13-9-10-14-50(49)62(46-22-18-42(74-6)34-38(46)2)70-58-30-26-54-56-28-32-60-68-59(31-27-55(66(56)68)53-25-29-57(69(61)70)67(58)65(53)54)71-63(47-23-19-43(75-7)35-39(47)3)51-15-11-12-16-52(51)64(72(60)71)48-24-20-44(76-8)36-40(48)4/h9-36H,1-8H3. The molecule has 0 bridgehead atoms. The monoisotopic (exact) mass is 980 g/mol. The van der Waals surface area contributed by atoms with Crippen LogP contribution in [0.1, 0.15) is 22.3 Å². The smallest absolute Gasteiger partial charge is 0.119 e. The van der Waals surface area contributed by atoms with Gasteiger partial charge in [0.2, 0.25) is 0 Å². The van der Waals surface area contributed by atoms with Crippen LogP contribution in [0.5, 0.6) is 23.0 Å².